The minimum absolute atomic E-state index is 0.0298. The van der Waals surface area contributed by atoms with Crippen LogP contribution in [0.1, 0.15) is 0 Å². The topological polar surface area (TPSA) is 279 Å². The van der Waals surface area contributed by atoms with Crippen LogP contribution in [0.4, 0.5) is 0 Å². The van der Waals surface area contributed by atoms with E-state index in [0.29, 0.717) is 0 Å². The molecule has 17 nitrogen and oxygen atoms in total. The second kappa shape index (κ2) is 12.9. The Bertz CT molecular complexity index is 1570. The Kier molecular flexibility index (Phi) is 9.38. The van der Waals surface area contributed by atoms with Gasteiger partial charge in [0.05, 0.1) is 20.3 Å². The van der Waals surface area contributed by atoms with Gasteiger partial charge in [-0.25, -0.2) is 0 Å². The first-order chi connectivity index (χ1) is 21.4. The molecule has 0 radical (unpaired) electrons. The molecule has 0 amide bonds. The van der Waals surface area contributed by atoms with E-state index in [0.717, 1.165) is 12.1 Å². The second-order valence-electron chi connectivity index (χ2n) is 10.4. The van der Waals surface area contributed by atoms with Crippen molar-refractivity contribution in [1.82, 2.24) is 0 Å². The van der Waals surface area contributed by atoms with Gasteiger partial charge < -0.3 is 79.2 Å². The molecule has 1 aromatic heterocycles. The summed E-state index contributed by atoms with van der Waals surface area (Å²) in [6.07, 6.45) is -17.5. The zero-order valence-electron chi connectivity index (χ0n) is 23.4. The Hall–Kier alpha value is -3.75. The van der Waals surface area contributed by atoms with Crippen molar-refractivity contribution in [1.29, 1.82) is 0 Å². The molecule has 0 unspecified atom stereocenters. The first kappa shape index (κ1) is 32.6. The molecule has 5 rings (SSSR count). The molecule has 45 heavy (non-hydrogen) atoms. The van der Waals surface area contributed by atoms with E-state index >= 15 is 0 Å². The van der Waals surface area contributed by atoms with Crippen LogP contribution >= 0.6 is 0 Å². The van der Waals surface area contributed by atoms with E-state index in [1.165, 1.54) is 25.3 Å². The van der Waals surface area contributed by atoms with Crippen molar-refractivity contribution in [3.8, 4) is 40.1 Å². The third-order valence-electron chi connectivity index (χ3n) is 7.55. The van der Waals surface area contributed by atoms with Crippen LogP contribution in [-0.4, -0.2) is 133 Å². The zero-order chi connectivity index (χ0) is 32.7. The van der Waals surface area contributed by atoms with Gasteiger partial charge >= 0.3 is 0 Å². The Morgan fingerprint density at radius 3 is 2.11 bits per heavy atom. The molecule has 2 aromatic carbocycles. The number of aromatic hydroxyl groups is 3. The lowest BCUT2D eigenvalue weighted by Crippen LogP contribution is -2.65. The summed E-state index contributed by atoms with van der Waals surface area (Å²) in [7, 11) is 1.27. The Balaban J connectivity index is 1.50. The molecular formula is C28H32O17. The quantitative estimate of drug-likeness (QED) is 0.123. The highest BCUT2D eigenvalue weighted by atomic mass is 16.7. The molecule has 17 heteroatoms. The molecule has 2 fully saturated rings. The molecule has 3 heterocycles. The van der Waals surface area contributed by atoms with Gasteiger partial charge in [-0.3, -0.25) is 4.79 Å². The number of phenols is 3. The van der Waals surface area contributed by atoms with Gasteiger partial charge in [-0.1, -0.05) is 0 Å². The van der Waals surface area contributed by atoms with E-state index in [1.807, 2.05) is 0 Å². The molecule has 2 aliphatic heterocycles. The van der Waals surface area contributed by atoms with Crippen LogP contribution in [0.5, 0.6) is 28.7 Å². The van der Waals surface area contributed by atoms with Crippen molar-refractivity contribution >= 4 is 11.0 Å². The Morgan fingerprint density at radius 2 is 1.44 bits per heavy atom. The van der Waals surface area contributed by atoms with Crippen molar-refractivity contribution in [3.05, 3.63) is 40.6 Å². The van der Waals surface area contributed by atoms with Crippen molar-refractivity contribution in [3.63, 3.8) is 0 Å². The van der Waals surface area contributed by atoms with E-state index in [2.05, 4.69) is 0 Å². The average Bonchev–Trinajstić information content (AvgIpc) is 3.01. The maximum atomic E-state index is 13.7. The van der Waals surface area contributed by atoms with Crippen molar-refractivity contribution in [2.24, 2.45) is 0 Å². The highest BCUT2D eigenvalue weighted by molar-refractivity contribution is 5.88. The molecule has 246 valence electrons. The third-order valence-corrected chi connectivity index (χ3v) is 7.55. The van der Waals surface area contributed by atoms with Gasteiger partial charge in [-0.05, 0) is 18.2 Å². The predicted octanol–water partition coefficient (Wildman–Crippen LogP) is -2.41. The summed E-state index contributed by atoms with van der Waals surface area (Å²) in [5, 5.41) is 102. The minimum Gasteiger partial charge on any atom is -0.508 e. The summed E-state index contributed by atoms with van der Waals surface area (Å²) in [5.41, 5.74) is -1.17. The smallest absolute Gasteiger partial charge is 0.239 e. The molecule has 0 saturated carbocycles. The normalized spacial score (nSPS) is 32.0. The third kappa shape index (κ3) is 5.98. The summed E-state index contributed by atoms with van der Waals surface area (Å²) in [6.45, 7) is -1.64. The van der Waals surface area contributed by atoms with Crippen molar-refractivity contribution < 1.29 is 79.2 Å². The number of benzene rings is 2. The lowest BCUT2D eigenvalue weighted by atomic mass is 9.97. The summed E-state index contributed by atoms with van der Waals surface area (Å²) >= 11 is 0. The van der Waals surface area contributed by atoms with Gasteiger partial charge in [-0.2, -0.15) is 0 Å². The number of hydrogen-bond acceptors (Lipinski definition) is 17. The largest absolute Gasteiger partial charge is 0.508 e. The predicted molar refractivity (Wildman–Crippen MR) is 146 cm³/mol. The van der Waals surface area contributed by atoms with Gasteiger partial charge in [0.15, 0.2) is 23.5 Å². The van der Waals surface area contributed by atoms with Crippen LogP contribution < -0.4 is 14.9 Å². The summed E-state index contributed by atoms with van der Waals surface area (Å²) in [6, 6.07) is 5.76. The van der Waals surface area contributed by atoms with Crippen molar-refractivity contribution in [2.45, 2.75) is 61.4 Å². The number of methoxy groups -OCH3 is 1. The summed E-state index contributed by atoms with van der Waals surface area (Å²) in [4.78, 5) is 13.7. The fourth-order valence-electron chi connectivity index (χ4n) is 5.15. The Morgan fingerprint density at radius 1 is 0.778 bits per heavy atom. The van der Waals surface area contributed by atoms with Crippen LogP contribution in [-0.2, 0) is 14.2 Å². The van der Waals surface area contributed by atoms with E-state index in [4.69, 9.17) is 28.1 Å². The van der Waals surface area contributed by atoms with Crippen LogP contribution in [0.15, 0.2) is 39.5 Å². The molecule has 0 spiro atoms. The first-order valence-electron chi connectivity index (χ1n) is 13.5. The number of aliphatic hydroxyl groups is 7. The van der Waals surface area contributed by atoms with Crippen LogP contribution in [0.3, 0.4) is 0 Å². The maximum absolute atomic E-state index is 13.7. The summed E-state index contributed by atoms with van der Waals surface area (Å²) in [5.74, 6) is -2.38. The van der Waals surface area contributed by atoms with Gasteiger partial charge in [0.25, 0.3) is 0 Å². The fraction of sp³-hybridized carbons (Fsp3) is 0.464. The maximum Gasteiger partial charge on any atom is 0.239 e. The number of rotatable bonds is 8. The van der Waals surface area contributed by atoms with Crippen molar-refractivity contribution in [2.75, 3.05) is 20.3 Å². The Labute approximate surface area is 252 Å². The van der Waals surface area contributed by atoms with Crippen LogP contribution in [0.25, 0.3) is 22.3 Å². The highest BCUT2D eigenvalue weighted by Crippen LogP contribution is 2.40. The van der Waals surface area contributed by atoms with E-state index < -0.39 is 103 Å². The lowest BCUT2D eigenvalue weighted by molar-refractivity contribution is -0.352. The number of fused-ring (bicyclic) bond motifs is 1. The van der Waals surface area contributed by atoms with Crippen LogP contribution in [0, 0.1) is 0 Å². The molecule has 10 N–H and O–H groups in total. The number of phenolic OH excluding ortho intramolecular Hbond substituents is 3. The number of aliphatic hydroxyl groups excluding tert-OH is 7. The van der Waals surface area contributed by atoms with E-state index in [9.17, 15) is 55.9 Å². The highest BCUT2D eigenvalue weighted by Gasteiger charge is 2.51. The van der Waals surface area contributed by atoms with Gasteiger partial charge in [-0.15, -0.1) is 0 Å². The molecule has 0 bridgehead atoms. The zero-order valence-corrected chi connectivity index (χ0v) is 23.4. The fourth-order valence-corrected chi connectivity index (χ4v) is 5.15. The second-order valence-corrected chi connectivity index (χ2v) is 10.4. The molecule has 10 atom stereocenters. The van der Waals surface area contributed by atoms with E-state index in [-0.39, 0.29) is 28.4 Å². The SMILES string of the molecule is COc1cc(-c2oc3cc(O)cc(O)c3c(=O)c2O[C@@H]2O[C@H](CO)[C@@H](O[C@@H]3O[C@H](CO)[C@H](O)[C@H](O)[C@H]3O)[C@H](O)[C@H]2O)ccc1O. The van der Waals surface area contributed by atoms with Gasteiger partial charge in [0.1, 0.15) is 71.3 Å². The average molecular weight is 641 g/mol. The number of ether oxygens (including phenoxy) is 5. The van der Waals surface area contributed by atoms with Crippen LogP contribution in [0.2, 0.25) is 0 Å². The first-order valence-corrected chi connectivity index (χ1v) is 13.5. The molecule has 2 aliphatic rings. The van der Waals surface area contributed by atoms with Gasteiger partial charge in [0.2, 0.25) is 17.5 Å². The lowest BCUT2D eigenvalue weighted by Gasteiger charge is -2.45. The molecule has 0 aliphatic carbocycles. The molecule has 2 saturated heterocycles. The monoisotopic (exact) mass is 640 g/mol. The minimum atomic E-state index is -2.02. The summed E-state index contributed by atoms with van der Waals surface area (Å²) < 4.78 is 33.1. The molecule has 3 aromatic rings. The standard InChI is InChI=1S/C28H32O17/c1-40-13-4-9(2-3-11(13)32)24-26(19(35)17-12(33)5-10(31)6-14(17)41-24)45-28-23(39)21(37)25(16(8-30)43-28)44-27-22(38)20(36)18(34)15(7-29)42-27/h2-6,15-16,18,20-23,25,27-34,36-39H,7-8H2,1H3/t15-,16-,18+,20+,21-,22-,23-,25-,27+,28+/m1/s1. The van der Waals surface area contributed by atoms with Gasteiger partial charge in [0, 0.05) is 17.7 Å². The molecular weight excluding hydrogens is 608 g/mol. The van der Waals surface area contributed by atoms with E-state index in [1.54, 1.807) is 0 Å². The number of hydrogen-bond donors (Lipinski definition) is 10.